The minimum absolute atomic E-state index is 0.0195. The second-order valence-electron chi connectivity index (χ2n) is 13.0. The highest BCUT2D eigenvalue weighted by molar-refractivity contribution is 7.98. The minimum Gasteiger partial charge on any atom is -0.481 e. The van der Waals surface area contributed by atoms with E-state index in [-0.39, 0.29) is 31.6 Å². The van der Waals surface area contributed by atoms with Gasteiger partial charge < -0.3 is 47.8 Å². The van der Waals surface area contributed by atoms with Crippen LogP contribution in [0.4, 0.5) is 0 Å². The third-order valence-corrected chi connectivity index (χ3v) is 8.84. The second kappa shape index (κ2) is 24.5. The van der Waals surface area contributed by atoms with Gasteiger partial charge in [-0.05, 0) is 48.7 Å². The van der Waals surface area contributed by atoms with Crippen LogP contribution in [-0.4, -0.2) is 113 Å². The quantitative estimate of drug-likeness (QED) is 0.0611. The molecule has 10 N–H and O–H groups in total. The number of thioether (sulfide) groups is 1. The first-order valence-electron chi connectivity index (χ1n) is 17.5. The Labute approximate surface area is 314 Å². The molecule has 53 heavy (non-hydrogen) atoms. The van der Waals surface area contributed by atoms with Crippen LogP contribution in [0.3, 0.4) is 0 Å². The zero-order valence-corrected chi connectivity index (χ0v) is 31.8. The number of carbonyl (C=O) groups excluding carboxylic acids is 6. The summed E-state index contributed by atoms with van der Waals surface area (Å²) in [6.07, 6.45) is 1.87. The molecule has 0 saturated heterocycles. The highest BCUT2D eigenvalue weighted by Crippen LogP contribution is 2.13. The molecule has 0 aliphatic rings. The Balaban J connectivity index is 3.25. The molecule has 0 unspecified atom stereocenters. The number of benzene rings is 1. The molecule has 0 spiro atoms. The Bertz CT molecular complexity index is 1400. The Kier molecular flexibility index (Phi) is 21.4. The fourth-order valence-corrected chi connectivity index (χ4v) is 5.54. The van der Waals surface area contributed by atoms with Gasteiger partial charge in [0.2, 0.25) is 35.4 Å². The molecular weight excluding hydrogens is 710 g/mol. The Morgan fingerprint density at radius 3 is 1.89 bits per heavy atom. The predicted octanol–water partition coefficient (Wildman–Crippen LogP) is -0.477. The van der Waals surface area contributed by atoms with Crippen LogP contribution in [0.25, 0.3) is 0 Å². The van der Waals surface area contributed by atoms with Crippen molar-refractivity contribution in [3.05, 3.63) is 35.9 Å². The van der Waals surface area contributed by atoms with Gasteiger partial charge in [0, 0.05) is 12.8 Å². The molecule has 0 saturated carbocycles. The van der Waals surface area contributed by atoms with E-state index >= 15 is 0 Å². The van der Waals surface area contributed by atoms with E-state index in [2.05, 4.69) is 31.9 Å². The zero-order valence-electron chi connectivity index (χ0n) is 30.9. The zero-order chi connectivity index (χ0) is 40.1. The number of aliphatic carboxylic acids is 2. The van der Waals surface area contributed by atoms with Gasteiger partial charge in [-0.15, -0.1) is 0 Å². The SMILES string of the molecule is CC[C@H](C)[C@H](NC(=O)[C@H](CCC(=O)O)NC(=O)CN)C(=O)N[C@@H](CC(C)C)C(=O)N[C@@H](Cc1ccccc1)C(=O)NCC(=O)N[C@@H](CCSC)C(=O)O. The van der Waals surface area contributed by atoms with Crippen LogP contribution in [0.5, 0.6) is 0 Å². The summed E-state index contributed by atoms with van der Waals surface area (Å²) in [5.74, 6) is -6.87. The number of amides is 6. The summed E-state index contributed by atoms with van der Waals surface area (Å²) in [5, 5.41) is 33.8. The molecule has 17 nitrogen and oxygen atoms in total. The van der Waals surface area contributed by atoms with Crippen LogP contribution in [-0.2, 0) is 44.8 Å². The molecule has 6 amide bonds. The Morgan fingerprint density at radius 1 is 0.736 bits per heavy atom. The van der Waals surface area contributed by atoms with E-state index in [9.17, 15) is 43.5 Å². The number of hydrogen-bond donors (Lipinski definition) is 9. The van der Waals surface area contributed by atoms with Crippen molar-refractivity contribution in [1.82, 2.24) is 31.9 Å². The Hall–Kier alpha value is -4.71. The van der Waals surface area contributed by atoms with Crippen molar-refractivity contribution in [2.45, 2.75) is 96.4 Å². The molecule has 6 atom stereocenters. The van der Waals surface area contributed by atoms with E-state index in [1.54, 1.807) is 50.4 Å². The molecule has 1 aromatic rings. The lowest BCUT2D eigenvalue weighted by Gasteiger charge is -2.29. The maximum Gasteiger partial charge on any atom is 0.326 e. The average molecular weight is 766 g/mol. The van der Waals surface area contributed by atoms with Crippen LogP contribution in [0.1, 0.15) is 65.4 Å². The summed E-state index contributed by atoms with van der Waals surface area (Å²) >= 11 is 1.42. The molecule has 0 bridgehead atoms. The van der Waals surface area contributed by atoms with E-state index < -0.39 is 103 Å². The third kappa shape index (κ3) is 18.1. The van der Waals surface area contributed by atoms with Gasteiger partial charge in [0.1, 0.15) is 30.2 Å². The van der Waals surface area contributed by atoms with E-state index in [0.29, 0.717) is 17.7 Å². The lowest BCUT2D eigenvalue weighted by molar-refractivity contribution is -0.142. The number of carbonyl (C=O) groups is 8. The van der Waals surface area contributed by atoms with Crippen molar-refractivity contribution in [2.24, 2.45) is 17.6 Å². The lowest BCUT2D eigenvalue weighted by Crippen LogP contribution is -2.60. The molecule has 0 aliphatic heterocycles. The van der Waals surface area contributed by atoms with Crippen LogP contribution in [0, 0.1) is 11.8 Å². The fourth-order valence-electron chi connectivity index (χ4n) is 5.07. The van der Waals surface area contributed by atoms with Gasteiger partial charge in [0.05, 0.1) is 13.1 Å². The second-order valence-corrected chi connectivity index (χ2v) is 14.0. The highest BCUT2D eigenvalue weighted by Gasteiger charge is 2.34. The molecule has 1 rings (SSSR count). The lowest BCUT2D eigenvalue weighted by atomic mass is 9.96. The molecular formula is C35H55N7O10S. The van der Waals surface area contributed by atoms with Gasteiger partial charge in [-0.25, -0.2) is 4.79 Å². The van der Waals surface area contributed by atoms with Crippen molar-refractivity contribution in [2.75, 3.05) is 25.1 Å². The van der Waals surface area contributed by atoms with Crippen LogP contribution >= 0.6 is 11.8 Å². The Morgan fingerprint density at radius 2 is 1.34 bits per heavy atom. The highest BCUT2D eigenvalue weighted by atomic mass is 32.2. The van der Waals surface area contributed by atoms with Crippen molar-refractivity contribution in [1.29, 1.82) is 0 Å². The van der Waals surface area contributed by atoms with Gasteiger partial charge >= 0.3 is 11.9 Å². The monoisotopic (exact) mass is 765 g/mol. The predicted molar refractivity (Wildman–Crippen MR) is 198 cm³/mol. The number of hydrogen-bond acceptors (Lipinski definition) is 10. The third-order valence-electron chi connectivity index (χ3n) is 8.20. The molecule has 0 aromatic heterocycles. The summed E-state index contributed by atoms with van der Waals surface area (Å²) in [7, 11) is 0. The normalized spacial score (nSPS) is 14.3. The van der Waals surface area contributed by atoms with Gasteiger partial charge in [-0.1, -0.05) is 64.4 Å². The molecule has 0 fully saturated rings. The standard InChI is InChI=1S/C35H55N7O10S/c1-6-21(4)30(42-32(48)23(12-13-29(45)46)38-27(43)18-36)34(50)41-25(16-20(2)3)33(49)40-26(17-22-10-8-7-9-11-22)31(47)37-19-28(44)39-24(35(51)52)14-15-53-5/h7-11,20-21,23-26,30H,6,12-19,36H2,1-5H3,(H,37,47)(H,38,43)(H,39,44)(H,40,49)(H,41,50)(H,42,48)(H,45,46)(H,51,52)/t21-,23-,24-,25-,26-,30-/m0/s1. The van der Waals surface area contributed by atoms with Crippen LogP contribution in [0.15, 0.2) is 30.3 Å². The van der Waals surface area contributed by atoms with Crippen molar-refractivity contribution < 1.29 is 48.6 Å². The molecule has 0 radical (unpaired) electrons. The van der Waals surface area contributed by atoms with E-state index in [0.717, 1.165) is 0 Å². The van der Waals surface area contributed by atoms with E-state index in [1.807, 2.05) is 13.8 Å². The van der Waals surface area contributed by atoms with Crippen molar-refractivity contribution in [3.8, 4) is 0 Å². The molecule has 0 heterocycles. The number of nitrogens with two attached hydrogens (primary N) is 1. The molecule has 18 heteroatoms. The summed E-state index contributed by atoms with van der Waals surface area (Å²) in [4.78, 5) is 102. The smallest absolute Gasteiger partial charge is 0.326 e. The van der Waals surface area contributed by atoms with E-state index in [4.69, 9.17) is 10.8 Å². The van der Waals surface area contributed by atoms with Crippen molar-refractivity contribution >= 4 is 59.1 Å². The molecule has 0 aliphatic carbocycles. The van der Waals surface area contributed by atoms with Gasteiger partial charge in [-0.2, -0.15) is 11.8 Å². The summed E-state index contributed by atoms with van der Waals surface area (Å²) in [5.41, 5.74) is 6.05. The van der Waals surface area contributed by atoms with Crippen molar-refractivity contribution in [3.63, 3.8) is 0 Å². The summed E-state index contributed by atoms with van der Waals surface area (Å²) in [6, 6.07) is 2.76. The maximum absolute atomic E-state index is 13.8. The first kappa shape index (κ1) is 46.3. The number of rotatable bonds is 25. The maximum atomic E-state index is 13.8. The van der Waals surface area contributed by atoms with E-state index in [1.165, 1.54) is 11.8 Å². The molecule has 296 valence electrons. The van der Waals surface area contributed by atoms with Crippen LogP contribution in [0.2, 0.25) is 0 Å². The topological polar surface area (TPSA) is 275 Å². The average Bonchev–Trinajstić information content (AvgIpc) is 3.11. The van der Waals surface area contributed by atoms with Gasteiger partial charge in [-0.3, -0.25) is 33.6 Å². The minimum atomic E-state index is -1.29. The number of carboxylic acids is 2. The van der Waals surface area contributed by atoms with Crippen LogP contribution < -0.4 is 37.6 Å². The fraction of sp³-hybridized carbons (Fsp3) is 0.600. The van der Waals surface area contributed by atoms with Gasteiger partial charge in [0.15, 0.2) is 0 Å². The van der Waals surface area contributed by atoms with Gasteiger partial charge in [0.25, 0.3) is 0 Å². The summed E-state index contributed by atoms with van der Waals surface area (Å²) < 4.78 is 0. The first-order chi connectivity index (χ1) is 25.0. The number of carboxylic acid groups (broad SMARTS) is 2. The summed E-state index contributed by atoms with van der Waals surface area (Å²) in [6.45, 7) is 6.13. The largest absolute Gasteiger partial charge is 0.481 e. The first-order valence-corrected chi connectivity index (χ1v) is 18.9. The number of nitrogens with one attached hydrogen (secondary N) is 6. The molecule has 1 aromatic carbocycles.